The molecule has 0 fully saturated rings. The quantitative estimate of drug-likeness (QED) is 0.555. The first-order chi connectivity index (χ1) is 6.58. The normalized spacial score (nSPS) is 10.7. The summed E-state index contributed by atoms with van der Waals surface area (Å²) >= 11 is 0. The van der Waals surface area contributed by atoms with Crippen molar-refractivity contribution < 1.29 is 4.92 Å². The molecule has 0 atom stereocenters. The lowest BCUT2D eigenvalue weighted by atomic mass is 10.1. The number of nitrogens with one attached hydrogen (secondary N) is 1. The topological polar surface area (TPSA) is 58.9 Å². The first-order valence-electron chi connectivity index (χ1n) is 4.32. The Hall–Kier alpha value is -1.84. The molecule has 1 aromatic heterocycles. The summed E-state index contributed by atoms with van der Waals surface area (Å²) in [6, 6.07) is 5.08. The van der Waals surface area contributed by atoms with E-state index in [0.717, 1.165) is 22.2 Å². The van der Waals surface area contributed by atoms with E-state index >= 15 is 0 Å². The van der Waals surface area contributed by atoms with Crippen LogP contribution in [-0.4, -0.2) is 9.91 Å². The van der Waals surface area contributed by atoms with E-state index in [0.29, 0.717) is 0 Å². The zero-order valence-electron chi connectivity index (χ0n) is 8.00. The van der Waals surface area contributed by atoms with Gasteiger partial charge in [0.05, 0.1) is 4.92 Å². The number of aromatic nitrogens is 1. The molecule has 0 amide bonds. The highest BCUT2D eigenvalue weighted by atomic mass is 16.6. The van der Waals surface area contributed by atoms with Crippen molar-refractivity contribution in [3.8, 4) is 0 Å². The molecule has 0 unspecified atom stereocenters. The minimum atomic E-state index is -0.366. The molecule has 4 heteroatoms. The fraction of sp³-hybridized carbons (Fsp3) is 0.200. The van der Waals surface area contributed by atoms with Gasteiger partial charge in [0.1, 0.15) is 0 Å². The maximum Gasteiger partial charge on any atom is 0.270 e. The van der Waals surface area contributed by atoms with E-state index in [1.165, 1.54) is 0 Å². The second-order valence-electron chi connectivity index (χ2n) is 3.44. The average molecular weight is 190 g/mol. The SMILES string of the molecule is Cc1cc2cc([N+](=O)[O-])cc(C)c2[nH]1. The third-order valence-electron chi connectivity index (χ3n) is 2.26. The first-order valence-corrected chi connectivity index (χ1v) is 4.32. The Morgan fingerprint density at radius 3 is 2.64 bits per heavy atom. The van der Waals surface area contributed by atoms with Crippen LogP contribution in [0.5, 0.6) is 0 Å². The number of hydrogen-bond acceptors (Lipinski definition) is 2. The lowest BCUT2D eigenvalue weighted by Gasteiger charge is -1.96. The minimum Gasteiger partial charge on any atom is -0.358 e. The Kier molecular flexibility index (Phi) is 1.77. The number of benzene rings is 1. The second kappa shape index (κ2) is 2.83. The van der Waals surface area contributed by atoms with Crippen molar-refractivity contribution in [1.82, 2.24) is 4.98 Å². The number of aromatic amines is 1. The Labute approximate surface area is 80.7 Å². The standard InChI is InChI=1S/C10H10N2O2/c1-6-3-9(12(13)14)5-8-4-7(2)11-10(6)8/h3-5,11H,1-2H3. The lowest BCUT2D eigenvalue weighted by molar-refractivity contribution is -0.384. The molecule has 0 aliphatic carbocycles. The van der Waals surface area contributed by atoms with Gasteiger partial charge in [0.25, 0.3) is 5.69 Å². The van der Waals surface area contributed by atoms with Crippen LogP contribution in [0.15, 0.2) is 18.2 Å². The van der Waals surface area contributed by atoms with E-state index in [1.807, 2.05) is 19.9 Å². The molecule has 72 valence electrons. The average Bonchev–Trinajstić information content (AvgIpc) is 2.45. The van der Waals surface area contributed by atoms with Gasteiger partial charge >= 0.3 is 0 Å². The first kappa shape index (κ1) is 8.74. The number of aryl methyl sites for hydroxylation is 2. The van der Waals surface area contributed by atoms with Crippen LogP contribution in [0.4, 0.5) is 5.69 Å². The molecule has 0 spiro atoms. The van der Waals surface area contributed by atoms with Gasteiger partial charge in [-0.25, -0.2) is 0 Å². The van der Waals surface area contributed by atoms with Crippen LogP contribution < -0.4 is 0 Å². The predicted octanol–water partition coefficient (Wildman–Crippen LogP) is 2.69. The van der Waals surface area contributed by atoms with Crippen LogP contribution in [-0.2, 0) is 0 Å². The Bertz CT molecular complexity index is 514. The van der Waals surface area contributed by atoms with Gasteiger partial charge in [0, 0.05) is 28.7 Å². The molecule has 0 aliphatic heterocycles. The number of nitro benzene ring substituents is 1. The Morgan fingerprint density at radius 1 is 1.29 bits per heavy atom. The van der Waals surface area contributed by atoms with Gasteiger partial charge in [-0.3, -0.25) is 10.1 Å². The predicted molar refractivity (Wildman–Crippen MR) is 54.4 cm³/mol. The molecule has 14 heavy (non-hydrogen) atoms. The van der Waals surface area contributed by atoms with E-state index in [9.17, 15) is 10.1 Å². The van der Waals surface area contributed by atoms with Crippen molar-refractivity contribution in [2.24, 2.45) is 0 Å². The molecular formula is C10H10N2O2. The summed E-state index contributed by atoms with van der Waals surface area (Å²) < 4.78 is 0. The third-order valence-corrected chi connectivity index (χ3v) is 2.26. The van der Waals surface area contributed by atoms with Crippen molar-refractivity contribution in [3.05, 3.63) is 39.6 Å². The monoisotopic (exact) mass is 190 g/mol. The molecule has 1 aromatic carbocycles. The maximum absolute atomic E-state index is 10.6. The van der Waals surface area contributed by atoms with E-state index < -0.39 is 0 Å². The van der Waals surface area contributed by atoms with Gasteiger partial charge in [-0.1, -0.05) is 0 Å². The van der Waals surface area contributed by atoms with Crippen LogP contribution in [0, 0.1) is 24.0 Å². The second-order valence-corrected chi connectivity index (χ2v) is 3.44. The van der Waals surface area contributed by atoms with E-state index in [2.05, 4.69) is 4.98 Å². The van der Waals surface area contributed by atoms with Crippen molar-refractivity contribution in [2.75, 3.05) is 0 Å². The summed E-state index contributed by atoms with van der Waals surface area (Å²) in [6.45, 7) is 3.80. The van der Waals surface area contributed by atoms with Gasteiger partial charge in [-0.05, 0) is 25.5 Å². The number of non-ortho nitro benzene ring substituents is 1. The summed E-state index contributed by atoms with van der Waals surface area (Å²) in [5.74, 6) is 0. The lowest BCUT2D eigenvalue weighted by Crippen LogP contribution is -1.88. The van der Waals surface area contributed by atoms with E-state index in [4.69, 9.17) is 0 Å². The van der Waals surface area contributed by atoms with Gasteiger partial charge in [0.2, 0.25) is 0 Å². The van der Waals surface area contributed by atoms with Crippen LogP contribution in [0.25, 0.3) is 10.9 Å². The fourth-order valence-electron chi connectivity index (χ4n) is 1.65. The molecule has 1 heterocycles. The summed E-state index contributed by atoms with van der Waals surface area (Å²) in [6.07, 6.45) is 0. The summed E-state index contributed by atoms with van der Waals surface area (Å²) in [4.78, 5) is 13.4. The highest BCUT2D eigenvalue weighted by molar-refractivity contribution is 5.85. The van der Waals surface area contributed by atoms with Crippen LogP contribution >= 0.6 is 0 Å². The number of hydrogen-bond donors (Lipinski definition) is 1. The summed E-state index contributed by atoms with van der Waals surface area (Å²) in [5.41, 5.74) is 3.05. The smallest absolute Gasteiger partial charge is 0.270 e. The molecule has 4 nitrogen and oxygen atoms in total. The zero-order chi connectivity index (χ0) is 10.3. The minimum absolute atomic E-state index is 0.147. The summed E-state index contributed by atoms with van der Waals surface area (Å²) in [7, 11) is 0. The van der Waals surface area contributed by atoms with Crippen molar-refractivity contribution in [3.63, 3.8) is 0 Å². The van der Waals surface area contributed by atoms with Crippen LogP contribution in [0.3, 0.4) is 0 Å². The third kappa shape index (κ3) is 1.25. The van der Waals surface area contributed by atoms with Gasteiger partial charge < -0.3 is 4.98 Å². The Balaban J connectivity index is 2.77. The molecule has 0 radical (unpaired) electrons. The molecule has 0 bridgehead atoms. The highest BCUT2D eigenvalue weighted by Crippen LogP contribution is 2.24. The molecule has 0 aliphatic rings. The van der Waals surface area contributed by atoms with Crippen molar-refractivity contribution in [2.45, 2.75) is 13.8 Å². The number of nitro groups is 1. The van der Waals surface area contributed by atoms with E-state index in [-0.39, 0.29) is 10.6 Å². The molecule has 2 aromatic rings. The molecule has 0 saturated carbocycles. The van der Waals surface area contributed by atoms with E-state index in [1.54, 1.807) is 12.1 Å². The van der Waals surface area contributed by atoms with Crippen molar-refractivity contribution >= 4 is 16.6 Å². The van der Waals surface area contributed by atoms with Crippen LogP contribution in [0.1, 0.15) is 11.3 Å². The number of nitrogens with zero attached hydrogens (tertiary/aromatic N) is 1. The number of H-pyrrole nitrogens is 1. The van der Waals surface area contributed by atoms with Gasteiger partial charge in [-0.15, -0.1) is 0 Å². The zero-order valence-corrected chi connectivity index (χ0v) is 8.00. The summed E-state index contributed by atoms with van der Waals surface area (Å²) in [5, 5.41) is 11.5. The van der Waals surface area contributed by atoms with Gasteiger partial charge in [-0.2, -0.15) is 0 Å². The Morgan fingerprint density at radius 2 is 2.00 bits per heavy atom. The fourth-order valence-corrected chi connectivity index (χ4v) is 1.65. The molecule has 2 rings (SSSR count). The number of fused-ring (bicyclic) bond motifs is 1. The molecule has 0 saturated heterocycles. The van der Waals surface area contributed by atoms with Gasteiger partial charge in [0.15, 0.2) is 0 Å². The van der Waals surface area contributed by atoms with Crippen molar-refractivity contribution in [1.29, 1.82) is 0 Å². The maximum atomic E-state index is 10.6. The van der Waals surface area contributed by atoms with Crippen LogP contribution in [0.2, 0.25) is 0 Å². The largest absolute Gasteiger partial charge is 0.358 e. The molecule has 1 N–H and O–H groups in total. The number of rotatable bonds is 1. The molecular weight excluding hydrogens is 180 g/mol. The highest BCUT2D eigenvalue weighted by Gasteiger charge is 2.10.